The van der Waals surface area contributed by atoms with Gasteiger partial charge >= 0.3 is 0 Å². The molecule has 1 aromatic rings. The summed E-state index contributed by atoms with van der Waals surface area (Å²) in [6, 6.07) is 8.12. The van der Waals surface area contributed by atoms with E-state index in [9.17, 15) is 8.42 Å². The summed E-state index contributed by atoms with van der Waals surface area (Å²) < 4.78 is 31.2. The zero-order valence-corrected chi connectivity index (χ0v) is 12.9. The average molecular weight is 285 g/mol. The Kier molecular flexibility index (Phi) is 5.52. The van der Waals surface area contributed by atoms with Crippen molar-refractivity contribution in [2.24, 2.45) is 0 Å². The monoisotopic (exact) mass is 285 g/mol. The molecule has 108 valence electrons. The molecule has 1 aromatic carbocycles. The number of hydrogen-bond donors (Lipinski definition) is 1. The van der Waals surface area contributed by atoms with Crippen molar-refractivity contribution in [1.29, 1.82) is 0 Å². The van der Waals surface area contributed by atoms with Crippen molar-refractivity contribution >= 4 is 10.0 Å². The molecule has 0 aliphatic heterocycles. The van der Waals surface area contributed by atoms with Crippen LogP contribution in [0.4, 0.5) is 0 Å². The van der Waals surface area contributed by atoms with Gasteiger partial charge in [-0.05, 0) is 32.8 Å². The van der Waals surface area contributed by atoms with Crippen molar-refractivity contribution in [2.75, 3.05) is 19.5 Å². The van der Waals surface area contributed by atoms with Crippen LogP contribution >= 0.6 is 0 Å². The lowest BCUT2D eigenvalue weighted by Gasteiger charge is -2.26. The van der Waals surface area contributed by atoms with E-state index in [1.54, 1.807) is 0 Å². The van der Waals surface area contributed by atoms with Gasteiger partial charge in [-0.2, -0.15) is 0 Å². The summed E-state index contributed by atoms with van der Waals surface area (Å²) in [6.07, 6.45) is 0.652. The molecule has 0 saturated heterocycles. The molecule has 0 bridgehead atoms. The highest BCUT2D eigenvalue weighted by molar-refractivity contribution is 7.89. The molecule has 5 heteroatoms. The molecule has 0 radical (unpaired) electrons. The molecule has 0 saturated carbocycles. The number of sulfonamides is 1. The minimum absolute atomic E-state index is 0.0131. The second kappa shape index (κ2) is 6.50. The van der Waals surface area contributed by atoms with Crippen molar-refractivity contribution in [2.45, 2.75) is 32.7 Å². The summed E-state index contributed by atoms with van der Waals surface area (Å²) in [5.74, 6) is -0.0131. The normalized spacial score (nSPS) is 12.6. The van der Waals surface area contributed by atoms with E-state index in [-0.39, 0.29) is 12.4 Å². The molecule has 0 unspecified atom stereocenters. The van der Waals surface area contributed by atoms with Crippen LogP contribution in [0.3, 0.4) is 0 Å². The summed E-state index contributed by atoms with van der Waals surface area (Å²) in [5.41, 5.74) is 1.80. The van der Waals surface area contributed by atoms with Gasteiger partial charge in [-0.1, -0.05) is 29.8 Å². The Morgan fingerprint density at radius 3 is 2.32 bits per heavy atom. The van der Waals surface area contributed by atoms with Gasteiger partial charge in [0, 0.05) is 12.6 Å². The van der Waals surface area contributed by atoms with E-state index in [0.717, 1.165) is 5.56 Å². The van der Waals surface area contributed by atoms with Crippen LogP contribution in [0.1, 0.15) is 25.0 Å². The van der Waals surface area contributed by atoms with Crippen LogP contribution in [0.15, 0.2) is 24.3 Å². The van der Waals surface area contributed by atoms with E-state index in [2.05, 4.69) is 4.72 Å². The standard InChI is InChI=1S/C14H23NO3S/c1-12-5-7-13(8-6-12)11-14(2,3)15-19(16,17)10-9-18-4/h5-8,15H,9-11H2,1-4H3. The van der Waals surface area contributed by atoms with E-state index in [4.69, 9.17) is 4.74 Å². The minimum Gasteiger partial charge on any atom is -0.384 e. The van der Waals surface area contributed by atoms with Crippen molar-refractivity contribution in [3.05, 3.63) is 35.4 Å². The van der Waals surface area contributed by atoms with Crippen LogP contribution < -0.4 is 4.72 Å². The summed E-state index contributed by atoms with van der Waals surface area (Å²) in [4.78, 5) is 0. The molecule has 0 amide bonds. The van der Waals surface area contributed by atoms with E-state index in [1.165, 1.54) is 12.7 Å². The first-order chi connectivity index (χ1) is 8.74. The first-order valence-corrected chi connectivity index (χ1v) is 7.95. The first kappa shape index (κ1) is 16.1. The lowest BCUT2D eigenvalue weighted by molar-refractivity contribution is 0.216. The van der Waals surface area contributed by atoms with Gasteiger partial charge in [-0.25, -0.2) is 13.1 Å². The Morgan fingerprint density at radius 2 is 1.79 bits per heavy atom. The number of aryl methyl sites for hydroxylation is 1. The predicted molar refractivity (Wildman–Crippen MR) is 77.8 cm³/mol. The van der Waals surface area contributed by atoms with E-state index in [1.807, 2.05) is 45.0 Å². The van der Waals surface area contributed by atoms with E-state index < -0.39 is 15.6 Å². The van der Waals surface area contributed by atoms with Gasteiger partial charge in [0.2, 0.25) is 10.0 Å². The topological polar surface area (TPSA) is 55.4 Å². The SMILES string of the molecule is COCCS(=O)(=O)NC(C)(C)Cc1ccc(C)cc1. The lowest BCUT2D eigenvalue weighted by atomic mass is 9.96. The maximum Gasteiger partial charge on any atom is 0.214 e. The first-order valence-electron chi connectivity index (χ1n) is 6.30. The Hall–Kier alpha value is -0.910. The van der Waals surface area contributed by atoms with Crippen molar-refractivity contribution in [1.82, 2.24) is 4.72 Å². The summed E-state index contributed by atoms with van der Waals surface area (Å²) >= 11 is 0. The smallest absolute Gasteiger partial charge is 0.214 e. The Labute approximate surface area is 116 Å². The number of rotatable bonds is 7. The minimum atomic E-state index is -3.30. The second-order valence-electron chi connectivity index (χ2n) is 5.46. The van der Waals surface area contributed by atoms with Crippen molar-refractivity contribution in [3.8, 4) is 0 Å². The maximum absolute atomic E-state index is 11.9. The molecule has 0 heterocycles. The predicted octanol–water partition coefficient (Wildman–Crippen LogP) is 1.88. The van der Waals surface area contributed by atoms with Gasteiger partial charge < -0.3 is 4.74 Å². The van der Waals surface area contributed by atoms with Gasteiger partial charge in [0.1, 0.15) is 0 Å². The highest BCUT2D eigenvalue weighted by atomic mass is 32.2. The Morgan fingerprint density at radius 1 is 1.21 bits per heavy atom. The molecule has 0 spiro atoms. The molecule has 19 heavy (non-hydrogen) atoms. The van der Waals surface area contributed by atoms with Crippen molar-refractivity contribution < 1.29 is 13.2 Å². The molecule has 0 aliphatic carbocycles. The van der Waals surface area contributed by atoms with Crippen LogP contribution in [0.25, 0.3) is 0 Å². The molecule has 4 nitrogen and oxygen atoms in total. The average Bonchev–Trinajstić information content (AvgIpc) is 2.28. The summed E-state index contributed by atoms with van der Waals surface area (Å²) in [7, 11) is -1.81. The zero-order valence-electron chi connectivity index (χ0n) is 12.1. The molecular formula is C14H23NO3S. The van der Waals surface area contributed by atoms with E-state index >= 15 is 0 Å². The van der Waals surface area contributed by atoms with Crippen LogP contribution in [0.5, 0.6) is 0 Å². The fourth-order valence-corrected chi connectivity index (χ4v) is 3.32. The highest BCUT2D eigenvalue weighted by Crippen LogP contribution is 2.14. The fourth-order valence-electron chi connectivity index (χ4n) is 1.92. The van der Waals surface area contributed by atoms with Gasteiger partial charge in [0.05, 0.1) is 12.4 Å². The highest BCUT2D eigenvalue weighted by Gasteiger charge is 2.24. The molecule has 1 rings (SSSR count). The second-order valence-corrected chi connectivity index (χ2v) is 7.30. The van der Waals surface area contributed by atoms with Gasteiger partial charge in [-0.15, -0.1) is 0 Å². The Balaban J connectivity index is 2.68. The largest absolute Gasteiger partial charge is 0.384 e. The molecular weight excluding hydrogens is 262 g/mol. The zero-order chi connectivity index (χ0) is 14.5. The van der Waals surface area contributed by atoms with Crippen LogP contribution in [0, 0.1) is 6.92 Å². The summed E-state index contributed by atoms with van der Waals surface area (Å²) in [5, 5.41) is 0. The molecule has 0 fully saturated rings. The third-order valence-electron chi connectivity index (χ3n) is 2.75. The number of hydrogen-bond acceptors (Lipinski definition) is 3. The molecule has 1 N–H and O–H groups in total. The van der Waals surface area contributed by atoms with Gasteiger partial charge in [-0.3, -0.25) is 0 Å². The third kappa shape index (κ3) is 6.18. The van der Waals surface area contributed by atoms with Crippen molar-refractivity contribution in [3.63, 3.8) is 0 Å². The Bertz CT molecular complexity index is 492. The molecule has 0 atom stereocenters. The number of ether oxygens (including phenoxy) is 1. The number of nitrogens with one attached hydrogen (secondary N) is 1. The van der Waals surface area contributed by atoms with Crippen LogP contribution in [-0.2, 0) is 21.2 Å². The fraction of sp³-hybridized carbons (Fsp3) is 0.571. The lowest BCUT2D eigenvalue weighted by Crippen LogP contribution is -2.46. The third-order valence-corrected chi connectivity index (χ3v) is 4.32. The number of benzene rings is 1. The molecule has 0 aliphatic rings. The van der Waals surface area contributed by atoms with Crippen LogP contribution in [-0.4, -0.2) is 33.4 Å². The van der Waals surface area contributed by atoms with Gasteiger partial charge in [0.25, 0.3) is 0 Å². The van der Waals surface area contributed by atoms with Crippen LogP contribution in [0.2, 0.25) is 0 Å². The summed E-state index contributed by atoms with van der Waals surface area (Å²) in [6.45, 7) is 6.01. The quantitative estimate of drug-likeness (QED) is 0.832. The van der Waals surface area contributed by atoms with E-state index in [0.29, 0.717) is 6.42 Å². The maximum atomic E-state index is 11.9. The molecule has 0 aromatic heterocycles. The van der Waals surface area contributed by atoms with Gasteiger partial charge in [0.15, 0.2) is 0 Å². The number of methoxy groups -OCH3 is 1.